The van der Waals surface area contributed by atoms with Crippen molar-refractivity contribution in [2.24, 2.45) is 0 Å². The number of alkyl halides is 3. The zero-order valence-electron chi connectivity index (χ0n) is 27.2. The molecule has 4 aromatic rings. The van der Waals surface area contributed by atoms with Gasteiger partial charge >= 0.3 is 18.3 Å². The predicted octanol–water partition coefficient (Wildman–Crippen LogP) is 7.49. The average Bonchev–Trinajstić information content (AvgIpc) is 3.52. The van der Waals surface area contributed by atoms with E-state index in [0.717, 1.165) is 0 Å². The molecular formula is C33H36ClF5N6O3. The molecule has 15 heteroatoms. The van der Waals surface area contributed by atoms with Crippen LogP contribution in [0.1, 0.15) is 33.6 Å². The highest BCUT2D eigenvalue weighted by Gasteiger charge is 2.50. The molecule has 258 valence electrons. The van der Waals surface area contributed by atoms with Crippen molar-refractivity contribution in [3.8, 4) is 17.3 Å². The summed E-state index contributed by atoms with van der Waals surface area (Å²) in [5.74, 6) is -1.69. The Morgan fingerprint density at radius 2 is 1.71 bits per heavy atom. The molecule has 0 N–H and O–H groups in total. The SMILES string of the molecule is CN1CCCC1.COc1nc(N2CCN(C(=O)OC(C)(C)C)C(C(F)(F)F)C2)c2cnc(-c3cccc4ccc(F)c(Cl)c34)c(F)c2n1. The minimum Gasteiger partial charge on any atom is -0.467 e. The highest BCUT2D eigenvalue weighted by molar-refractivity contribution is 6.36. The topological polar surface area (TPSA) is 83.9 Å². The number of amides is 1. The van der Waals surface area contributed by atoms with Crippen molar-refractivity contribution in [1.29, 1.82) is 0 Å². The van der Waals surface area contributed by atoms with E-state index in [1.165, 1.54) is 62.3 Å². The molecule has 2 aliphatic heterocycles. The summed E-state index contributed by atoms with van der Waals surface area (Å²) in [5.41, 5.74) is -1.28. The number of nitrogens with zero attached hydrogens (tertiary/aromatic N) is 6. The number of ether oxygens (including phenoxy) is 2. The summed E-state index contributed by atoms with van der Waals surface area (Å²) in [4.78, 5) is 29.5. The van der Waals surface area contributed by atoms with Gasteiger partial charge in [0.05, 0.1) is 17.5 Å². The third-order valence-electron chi connectivity index (χ3n) is 8.03. The van der Waals surface area contributed by atoms with Crippen molar-refractivity contribution >= 4 is 45.2 Å². The first kappa shape index (κ1) is 35.3. The lowest BCUT2D eigenvalue weighted by molar-refractivity contribution is -0.181. The number of halogens is 6. The molecule has 1 unspecified atom stereocenters. The number of methoxy groups -OCH3 is 1. The van der Waals surface area contributed by atoms with Crippen LogP contribution in [0.2, 0.25) is 5.02 Å². The first-order valence-corrected chi connectivity index (χ1v) is 15.7. The molecule has 2 aliphatic rings. The Kier molecular flexibility index (Phi) is 10.2. The number of anilines is 1. The lowest BCUT2D eigenvalue weighted by Gasteiger charge is -2.42. The van der Waals surface area contributed by atoms with Crippen molar-refractivity contribution in [3.63, 3.8) is 0 Å². The van der Waals surface area contributed by atoms with Gasteiger partial charge in [-0.25, -0.2) is 13.6 Å². The number of fused-ring (bicyclic) bond motifs is 2. The molecule has 0 bridgehead atoms. The number of piperazine rings is 1. The number of carbonyl (C=O) groups is 1. The summed E-state index contributed by atoms with van der Waals surface area (Å²) < 4.78 is 83.4. The molecule has 2 aromatic carbocycles. The minimum atomic E-state index is -4.80. The van der Waals surface area contributed by atoms with Crippen molar-refractivity contribution in [2.45, 2.75) is 51.4 Å². The number of aromatic nitrogens is 3. The van der Waals surface area contributed by atoms with Crippen LogP contribution >= 0.6 is 11.6 Å². The molecule has 1 amide bonds. The normalized spacial score (nSPS) is 17.4. The molecule has 0 radical (unpaired) electrons. The monoisotopic (exact) mass is 694 g/mol. The van der Waals surface area contributed by atoms with Gasteiger partial charge in [-0.05, 0) is 65.2 Å². The Bertz CT molecular complexity index is 1810. The van der Waals surface area contributed by atoms with Crippen LogP contribution in [-0.2, 0) is 4.74 Å². The number of hydrogen-bond donors (Lipinski definition) is 0. The van der Waals surface area contributed by atoms with Gasteiger partial charge in [0.2, 0.25) is 0 Å². The van der Waals surface area contributed by atoms with E-state index in [9.17, 15) is 22.4 Å². The highest BCUT2D eigenvalue weighted by atomic mass is 35.5. The Morgan fingerprint density at radius 1 is 1.00 bits per heavy atom. The van der Waals surface area contributed by atoms with Crippen LogP contribution in [0.5, 0.6) is 6.01 Å². The number of likely N-dealkylation sites (tertiary alicyclic amines) is 1. The standard InChI is InChI=1S/C28H25ClF5N5O3.C5H11N/c1-27(2,3)42-26(40)39-11-10-38(13-18(39)28(32,33)34)24-16-12-35-22(21(31)23(16)36-25(37-24)41-4)15-7-5-6-14-8-9-17(30)20(29)19(14)15;1-6-4-2-3-5-6/h5-9,12,18H,10-11,13H2,1-4H3;2-5H2,1H3. The van der Waals surface area contributed by atoms with Crippen LogP contribution in [-0.4, -0.2) is 95.5 Å². The number of benzene rings is 2. The lowest BCUT2D eigenvalue weighted by atomic mass is 10.0. The summed E-state index contributed by atoms with van der Waals surface area (Å²) >= 11 is 6.24. The number of rotatable bonds is 3. The largest absolute Gasteiger partial charge is 0.467 e. The number of carbonyl (C=O) groups excluding carboxylic acids is 1. The van der Waals surface area contributed by atoms with Crippen LogP contribution in [0.4, 0.5) is 32.6 Å². The molecular weight excluding hydrogens is 659 g/mol. The number of hydrogen-bond acceptors (Lipinski definition) is 8. The predicted molar refractivity (Wildman–Crippen MR) is 173 cm³/mol. The van der Waals surface area contributed by atoms with Gasteiger partial charge in [-0.1, -0.05) is 35.9 Å². The van der Waals surface area contributed by atoms with E-state index in [-0.39, 0.29) is 57.5 Å². The summed E-state index contributed by atoms with van der Waals surface area (Å²) in [6.45, 7) is 6.17. The van der Waals surface area contributed by atoms with Crippen molar-refractivity contribution in [1.82, 2.24) is 24.8 Å². The summed E-state index contributed by atoms with van der Waals surface area (Å²) in [6.07, 6.45) is -1.84. The molecule has 2 fully saturated rings. The van der Waals surface area contributed by atoms with Crippen LogP contribution in [0.3, 0.4) is 0 Å². The molecule has 2 aromatic heterocycles. The van der Waals surface area contributed by atoms with Gasteiger partial charge in [0.15, 0.2) is 5.82 Å². The van der Waals surface area contributed by atoms with Crippen LogP contribution < -0.4 is 9.64 Å². The maximum Gasteiger partial charge on any atom is 0.410 e. The van der Waals surface area contributed by atoms with Gasteiger partial charge in [-0.15, -0.1) is 0 Å². The Balaban J connectivity index is 0.000000677. The van der Waals surface area contributed by atoms with Gasteiger partial charge in [0.25, 0.3) is 0 Å². The third kappa shape index (κ3) is 7.49. The van der Waals surface area contributed by atoms with Gasteiger partial charge in [0.1, 0.15) is 34.5 Å². The fourth-order valence-corrected chi connectivity index (χ4v) is 5.99. The molecule has 4 heterocycles. The Labute approximate surface area is 279 Å². The first-order chi connectivity index (χ1) is 22.6. The third-order valence-corrected chi connectivity index (χ3v) is 8.40. The Hall–Kier alpha value is -4.04. The Morgan fingerprint density at radius 3 is 2.31 bits per heavy atom. The van der Waals surface area contributed by atoms with Gasteiger partial charge in [-0.2, -0.15) is 23.1 Å². The van der Waals surface area contributed by atoms with E-state index >= 15 is 4.39 Å². The zero-order chi connectivity index (χ0) is 35.0. The first-order valence-electron chi connectivity index (χ1n) is 15.4. The quantitative estimate of drug-likeness (QED) is 0.204. The molecule has 1 atom stereocenters. The maximum absolute atomic E-state index is 16.2. The zero-order valence-corrected chi connectivity index (χ0v) is 27.9. The van der Waals surface area contributed by atoms with E-state index in [1.54, 1.807) is 32.9 Å². The second-order valence-corrected chi connectivity index (χ2v) is 13.0. The van der Waals surface area contributed by atoms with Gasteiger partial charge in [0, 0.05) is 36.8 Å². The molecule has 6 rings (SSSR count). The van der Waals surface area contributed by atoms with Crippen LogP contribution in [0, 0.1) is 11.6 Å². The van der Waals surface area contributed by atoms with Gasteiger partial charge in [-0.3, -0.25) is 9.88 Å². The lowest BCUT2D eigenvalue weighted by Crippen LogP contribution is -2.61. The summed E-state index contributed by atoms with van der Waals surface area (Å²) in [6, 6.07) is 4.99. The fraction of sp³-hybridized carbons (Fsp3) is 0.455. The van der Waals surface area contributed by atoms with E-state index in [2.05, 4.69) is 26.9 Å². The van der Waals surface area contributed by atoms with Crippen molar-refractivity contribution in [2.75, 3.05) is 51.8 Å². The average molecular weight is 695 g/mol. The molecule has 0 saturated carbocycles. The molecule has 2 saturated heterocycles. The van der Waals surface area contributed by atoms with Crippen LogP contribution in [0.15, 0.2) is 36.5 Å². The molecule has 0 aliphatic carbocycles. The van der Waals surface area contributed by atoms with E-state index in [1.807, 2.05) is 0 Å². The highest BCUT2D eigenvalue weighted by Crippen LogP contribution is 2.39. The second kappa shape index (κ2) is 13.8. The van der Waals surface area contributed by atoms with E-state index in [4.69, 9.17) is 21.1 Å². The van der Waals surface area contributed by atoms with Gasteiger partial charge < -0.3 is 19.3 Å². The van der Waals surface area contributed by atoms with Crippen molar-refractivity contribution < 1.29 is 36.2 Å². The fourth-order valence-electron chi connectivity index (χ4n) is 5.72. The van der Waals surface area contributed by atoms with Crippen molar-refractivity contribution in [3.05, 3.63) is 53.2 Å². The maximum atomic E-state index is 16.2. The summed E-state index contributed by atoms with van der Waals surface area (Å²) in [5, 5.41) is 0.576. The number of pyridine rings is 1. The minimum absolute atomic E-state index is 0.0150. The summed E-state index contributed by atoms with van der Waals surface area (Å²) in [7, 11) is 3.41. The smallest absolute Gasteiger partial charge is 0.410 e. The molecule has 48 heavy (non-hydrogen) atoms. The molecule has 0 spiro atoms. The second-order valence-electron chi connectivity index (χ2n) is 12.7. The molecule has 9 nitrogen and oxygen atoms in total. The van der Waals surface area contributed by atoms with E-state index < -0.39 is 42.1 Å². The van der Waals surface area contributed by atoms with E-state index in [0.29, 0.717) is 10.3 Å². The van der Waals surface area contributed by atoms with Crippen LogP contribution in [0.25, 0.3) is 32.9 Å².